The van der Waals surface area contributed by atoms with Crippen molar-refractivity contribution in [2.45, 2.75) is 57.1 Å². The van der Waals surface area contributed by atoms with Crippen LogP contribution in [-0.4, -0.2) is 34.6 Å². The number of rotatable bonds is 11. The van der Waals surface area contributed by atoms with Gasteiger partial charge >= 0.3 is 0 Å². The molecule has 0 aliphatic heterocycles. The Balaban J connectivity index is 1.83. The van der Waals surface area contributed by atoms with Crippen LogP contribution in [0.15, 0.2) is 83.8 Å². The van der Waals surface area contributed by atoms with Crippen molar-refractivity contribution >= 4 is 35.2 Å². The summed E-state index contributed by atoms with van der Waals surface area (Å²) in [6.45, 7) is 6.29. The maximum Gasteiger partial charge on any atom is 0.243 e. The van der Waals surface area contributed by atoms with Crippen molar-refractivity contribution in [2.24, 2.45) is 0 Å². The highest BCUT2D eigenvalue weighted by atomic mass is 35.5. The lowest BCUT2D eigenvalue weighted by Crippen LogP contribution is -2.51. The zero-order valence-electron chi connectivity index (χ0n) is 20.5. The van der Waals surface area contributed by atoms with E-state index in [0.717, 1.165) is 21.6 Å². The minimum absolute atomic E-state index is 0.0161. The molecule has 0 aliphatic rings. The van der Waals surface area contributed by atoms with E-state index in [2.05, 4.69) is 5.32 Å². The van der Waals surface area contributed by atoms with Crippen LogP contribution in [0.1, 0.15) is 37.0 Å². The van der Waals surface area contributed by atoms with Gasteiger partial charge in [-0.1, -0.05) is 71.8 Å². The second kappa shape index (κ2) is 13.4. The zero-order valence-corrected chi connectivity index (χ0v) is 22.1. The molecule has 0 heterocycles. The molecule has 0 radical (unpaired) electrons. The quantitative estimate of drug-likeness (QED) is 0.309. The van der Waals surface area contributed by atoms with Crippen molar-refractivity contribution in [3.63, 3.8) is 0 Å². The molecule has 0 unspecified atom stereocenters. The SMILES string of the molecule is Cc1ccc(CN(C(=O)CCSc2ccc(Cl)cc2)[C@@H](Cc2ccccc2)C(=O)NC(C)C)cc1. The number of nitrogens with one attached hydrogen (secondary N) is 1. The molecular weight excluding hydrogens is 476 g/mol. The molecule has 0 aliphatic carbocycles. The molecule has 0 spiro atoms. The fourth-order valence-electron chi connectivity index (χ4n) is 3.76. The fourth-order valence-corrected chi connectivity index (χ4v) is 4.72. The van der Waals surface area contributed by atoms with E-state index in [1.165, 1.54) is 0 Å². The standard InChI is InChI=1S/C29H33ClN2O2S/c1-21(2)31-29(34)27(19-23-7-5-4-6-8-23)32(20-24-11-9-22(3)10-12-24)28(33)17-18-35-26-15-13-25(30)14-16-26/h4-16,21,27H,17-20H2,1-3H3,(H,31,34)/t27-/m0/s1. The number of carbonyl (C=O) groups is 2. The van der Waals surface area contributed by atoms with Crippen LogP contribution >= 0.6 is 23.4 Å². The molecule has 35 heavy (non-hydrogen) atoms. The van der Waals surface area contributed by atoms with Crippen molar-refractivity contribution in [2.75, 3.05) is 5.75 Å². The highest BCUT2D eigenvalue weighted by molar-refractivity contribution is 7.99. The van der Waals surface area contributed by atoms with E-state index in [1.807, 2.05) is 99.6 Å². The summed E-state index contributed by atoms with van der Waals surface area (Å²) >= 11 is 7.59. The molecule has 0 saturated carbocycles. The van der Waals surface area contributed by atoms with E-state index in [4.69, 9.17) is 11.6 Å². The largest absolute Gasteiger partial charge is 0.352 e. The molecule has 0 fully saturated rings. The van der Waals surface area contributed by atoms with Crippen LogP contribution < -0.4 is 5.32 Å². The molecule has 6 heteroatoms. The number of halogens is 1. The van der Waals surface area contributed by atoms with E-state index in [0.29, 0.717) is 30.2 Å². The average Bonchev–Trinajstić information content (AvgIpc) is 2.84. The topological polar surface area (TPSA) is 49.4 Å². The molecule has 4 nitrogen and oxygen atoms in total. The summed E-state index contributed by atoms with van der Waals surface area (Å²) in [6, 6.07) is 25.0. The summed E-state index contributed by atoms with van der Waals surface area (Å²) in [5.41, 5.74) is 3.18. The predicted molar refractivity (Wildman–Crippen MR) is 146 cm³/mol. The van der Waals surface area contributed by atoms with Crippen molar-refractivity contribution in [1.82, 2.24) is 10.2 Å². The van der Waals surface area contributed by atoms with E-state index in [-0.39, 0.29) is 17.9 Å². The number of carbonyl (C=O) groups excluding carboxylic acids is 2. The van der Waals surface area contributed by atoms with Gasteiger partial charge in [-0.15, -0.1) is 11.8 Å². The summed E-state index contributed by atoms with van der Waals surface area (Å²) < 4.78 is 0. The Bertz CT molecular complexity index is 1090. The third-order valence-corrected chi connectivity index (χ3v) is 6.84. The van der Waals surface area contributed by atoms with Crippen LogP contribution in [0.5, 0.6) is 0 Å². The van der Waals surface area contributed by atoms with Gasteiger partial charge in [-0.3, -0.25) is 9.59 Å². The molecule has 0 aromatic heterocycles. The van der Waals surface area contributed by atoms with Gasteiger partial charge in [0.1, 0.15) is 6.04 Å². The van der Waals surface area contributed by atoms with Crippen molar-refractivity contribution in [3.8, 4) is 0 Å². The summed E-state index contributed by atoms with van der Waals surface area (Å²) in [5.74, 6) is 0.455. The number of amides is 2. The summed E-state index contributed by atoms with van der Waals surface area (Å²) in [4.78, 5) is 29.8. The second-order valence-electron chi connectivity index (χ2n) is 8.93. The minimum atomic E-state index is -0.603. The van der Waals surface area contributed by atoms with Crippen LogP contribution in [-0.2, 0) is 22.6 Å². The summed E-state index contributed by atoms with van der Waals surface area (Å²) in [5, 5.41) is 3.72. The van der Waals surface area contributed by atoms with Gasteiger partial charge in [0.15, 0.2) is 0 Å². The first-order valence-electron chi connectivity index (χ1n) is 11.9. The van der Waals surface area contributed by atoms with E-state index >= 15 is 0 Å². The molecule has 3 aromatic carbocycles. The van der Waals surface area contributed by atoms with Crippen molar-refractivity contribution in [3.05, 3.63) is 101 Å². The minimum Gasteiger partial charge on any atom is -0.352 e. The fraction of sp³-hybridized carbons (Fsp3) is 0.310. The molecule has 0 saturated heterocycles. The molecule has 2 amide bonds. The van der Waals surface area contributed by atoms with Crippen LogP contribution in [0.25, 0.3) is 0 Å². The van der Waals surface area contributed by atoms with Gasteiger partial charge < -0.3 is 10.2 Å². The summed E-state index contributed by atoms with van der Waals surface area (Å²) in [6.07, 6.45) is 0.792. The first-order valence-corrected chi connectivity index (χ1v) is 13.3. The smallest absolute Gasteiger partial charge is 0.243 e. The van der Waals surface area contributed by atoms with Gasteiger partial charge in [-0.2, -0.15) is 0 Å². The first-order chi connectivity index (χ1) is 16.8. The van der Waals surface area contributed by atoms with E-state index < -0.39 is 6.04 Å². The van der Waals surface area contributed by atoms with E-state index in [9.17, 15) is 9.59 Å². The number of hydrogen-bond donors (Lipinski definition) is 1. The molecular formula is C29H33ClN2O2S. The lowest BCUT2D eigenvalue weighted by molar-refractivity contribution is -0.141. The molecule has 1 atom stereocenters. The van der Waals surface area contributed by atoms with Crippen LogP contribution in [0.3, 0.4) is 0 Å². The third kappa shape index (κ3) is 8.75. The Morgan fingerprint density at radius 2 is 1.57 bits per heavy atom. The van der Waals surface area contributed by atoms with Gasteiger partial charge in [0.2, 0.25) is 11.8 Å². The van der Waals surface area contributed by atoms with Crippen molar-refractivity contribution < 1.29 is 9.59 Å². The maximum atomic E-state index is 13.6. The van der Waals surface area contributed by atoms with Crippen LogP contribution in [0.4, 0.5) is 0 Å². The predicted octanol–water partition coefficient (Wildman–Crippen LogP) is 6.30. The Hall–Kier alpha value is -2.76. The van der Waals surface area contributed by atoms with Gasteiger partial charge in [-0.25, -0.2) is 0 Å². The Morgan fingerprint density at radius 1 is 0.914 bits per heavy atom. The maximum absolute atomic E-state index is 13.6. The van der Waals surface area contributed by atoms with Gasteiger partial charge in [0.25, 0.3) is 0 Å². The second-order valence-corrected chi connectivity index (χ2v) is 10.5. The molecule has 184 valence electrons. The number of nitrogens with zero attached hydrogens (tertiary/aromatic N) is 1. The number of thioether (sulfide) groups is 1. The van der Waals surface area contributed by atoms with Crippen LogP contribution in [0.2, 0.25) is 5.02 Å². The highest BCUT2D eigenvalue weighted by Gasteiger charge is 2.30. The van der Waals surface area contributed by atoms with Gasteiger partial charge in [0.05, 0.1) is 0 Å². The lowest BCUT2D eigenvalue weighted by Gasteiger charge is -2.32. The number of hydrogen-bond acceptors (Lipinski definition) is 3. The molecule has 3 rings (SSSR count). The molecule has 3 aromatic rings. The Labute approximate surface area is 218 Å². The lowest BCUT2D eigenvalue weighted by atomic mass is 10.0. The highest BCUT2D eigenvalue weighted by Crippen LogP contribution is 2.23. The Morgan fingerprint density at radius 3 is 2.20 bits per heavy atom. The molecule has 1 N–H and O–H groups in total. The monoisotopic (exact) mass is 508 g/mol. The molecule has 0 bridgehead atoms. The zero-order chi connectivity index (χ0) is 25.2. The average molecular weight is 509 g/mol. The van der Waals surface area contributed by atoms with Gasteiger partial charge in [-0.05, 0) is 56.2 Å². The van der Waals surface area contributed by atoms with E-state index in [1.54, 1.807) is 16.7 Å². The number of benzene rings is 3. The first kappa shape index (κ1) is 26.8. The van der Waals surface area contributed by atoms with Gasteiger partial charge in [0, 0.05) is 41.1 Å². The Kier molecular flexibility index (Phi) is 10.2. The van der Waals surface area contributed by atoms with Crippen LogP contribution in [0, 0.1) is 6.92 Å². The summed E-state index contributed by atoms with van der Waals surface area (Å²) in [7, 11) is 0. The normalized spacial score (nSPS) is 11.8. The number of aryl methyl sites for hydroxylation is 1. The van der Waals surface area contributed by atoms with Crippen molar-refractivity contribution in [1.29, 1.82) is 0 Å². The third-order valence-electron chi connectivity index (χ3n) is 5.57.